The molecule has 0 N–H and O–H groups in total. The average Bonchev–Trinajstić information content (AvgIpc) is 2.69. The van der Waals surface area contributed by atoms with Gasteiger partial charge in [0.05, 0.1) is 5.03 Å². The molecule has 3 rings (SSSR count). The van der Waals surface area contributed by atoms with Crippen molar-refractivity contribution in [1.29, 1.82) is 0 Å². The number of amides is 2. The molecule has 1 saturated heterocycles. The second-order valence-electron chi connectivity index (χ2n) is 6.34. The summed E-state index contributed by atoms with van der Waals surface area (Å²) in [5.74, 6) is 0.758. The van der Waals surface area contributed by atoms with Gasteiger partial charge in [0.1, 0.15) is 6.04 Å². The summed E-state index contributed by atoms with van der Waals surface area (Å²) in [4.78, 5) is 32.9. The zero-order chi connectivity index (χ0) is 18.5. The number of aromatic nitrogens is 1. The van der Waals surface area contributed by atoms with E-state index in [4.69, 9.17) is 0 Å². The topological polar surface area (TPSA) is 53.5 Å². The minimum atomic E-state index is -0.361. The van der Waals surface area contributed by atoms with Crippen LogP contribution in [0.15, 0.2) is 53.7 Å². The second-order valence-corrected chi connectivity index (χ2v) is 7.33. The number of nitrogens with zero attached hydrogens (tertiary/aromatic N) is 3. The lowest BCUT2D eigenvalue weighted by Crippen LogP contribution is -2.57. The molecule has 0 spiro atoms. The number of piperazine rings is 1. The molecule has 2 heterocycles. The molecular weight excluding hydrogens is 346 g/mol. The summed E-state index contributed by atoms with van der Waals surface area (Å²) in [6.07, 6.45) is 2.42. The molecule has 1 aliphatic heterocycles. The van der Waals surface area contributed by atoms with E-state index in [0.717, 1.165) is 16.3 Å². The van der Waals surface area contributed by atoms with Crippen LogP contribution in [0.3, 0.4) is 0 Å². The zero-order valence-corrected chi connectivity index (χ0v) is 15.9. The zero-order valence-electron chi connectivity index (χ0n) is 15.1. The van der Waals surface area contributed by atoms with E-state index in [2.05, 4.69) is 4.98 Å². The Balaban J connectivity index is 1.66. The van der Waals surface area contributed by atoms with Crippen molar-refractivity contribution in [3.05, 3.63) is 59.8 Å². The fourth-order valence-electron chi connectivity index (χ4n) is 3.05. The highest BCUT2D eigenvalue weighted by atomic mass is 32.2. The van der Waals surface area contributed by atoms with Gasteiger partial charge in [-0.2, -0.15) is 0 Å². The van der Waals surface area contributed by atoms with Crippen LogP contribution in [-0.2, 0) is 10.5 Å². The molecule has 1 atom stereocenters. The number of pyridine rings is 1. The Morgan fingerprint density at radius 2 is 1.96 bits per heavy atom. The predicted molar refractivity (Wildman–Crippen MR) is 103 cm³/mol. The van der Waals surface area contributed by atoms with E-state index < -0.39 is 0 Å². The summed E-state index contributed by atoms with van der Waals surface area (Å²) in [5, 5.41) is 0.981. The summed E-state index contributed by atoms with van der Waals surface area (Å²) >= 11 is 1.66. The van der Waals surface area contributed by atoms with Crippen molar-refractivity contribution < 1.29 is 9.59 Å². The third kappa shape index (κ3) is 4.07. The number of thioether (sulfide) groups is 1. The van der Waals surface area contributed by atoms with Crippen molar-refractivity contribution in [1.82, 2.24) is 14.8 Å². The highest BCUT2D eigenvalue weighted by Gasteiger charge is 2.34. The number of hydrogen-bond donors (Lipinski definition) is 0. The lowest BCUT2D eigenvalue weighted by atomic mass is 10.1. The normalized spacial score (nSPS) is 17.5. The maximum atomic E-state index is 12.9. The highest BCUT2D eigenvalue weighted by molar-refractivity contribution is 7.98. The molecule has 0 radical (unpaired) electrons. The molecule has 6 heteroatoms. The largest absolute Gasteiger partial charge is 0.342 e. The van der Waals surface area contributed by atoms with Gasteiger partial charge in [-0.25, -0.2) is 4.98 Å². The number of carbonyl (C=O) groups excluding carboxylic acids is 2. The summed E-state index contributed by atoms with van der Waals surface area (Å²) in [6, 6.07) is 13.1. The lowest BCUT2D eigenvalue weighted by Gasteiger charge is -2.38. The van der Waals surface area contributed by atoms with Crippen molar-refractivity contribution in [2.45, 2.75) is 30.2 Å². The van der Waals surface area contributed by atoms with Crippen LogP contribution in [-0.4, -0.2) is 52.8 Å². The maximum absolute atomic E-state index is 12.9. The molecular formula is C20H23N3O2S. The molecule has 0 bridgehead atoms. The number of rotatable bonds is 5. The minimum Gasteiger partial charge on any atom is -0.342 e. The van der Waals surface area contributed by atoms with E-state index in [-0.39, 0.29) is 17.9 Å². The van der Waals surface area contributed by atoms with Gasteiger partial charge in [0.25, 0.3) is 5.91 Å². The molecule has 1 aromatic carbocycles. The van der Waals surface area contributed by atoms with Crippen molar-refractivity contribution in [2.24, 2.45) is 0 Å². The molecule has 5 nitrogen and oxygen atoms in total. The van der Waals surface area contributed by atoms with Gasteiger partial charge in [-0.1, -0.05) is 25.1 Å². The van der Waals surface area contributed by atoms with Crippen molar-refractivity contribution in [2.75, 3.05) is 20.1 Å². The first-order chi connectivity index (χ1) is 12.6. The van der Waals surface area contributed by atoms with E-state index in [1.807, 2.05) is 49.4 Å². The minimum absolute atomic E-state index is 0.0236. The van der Waals surface area contributed by atoms with Crippen LogP contribution < -0.4 is 0 Å². The summed E-state index contributed by atoms with van der Waals surface area (Å²) in [5.41, 5.74) is 1.77. The van der Waals surface area contributed by atoms with Crippen molar-refractivity contribution in [3.63, 3.8) is 0 Å². The van der Waals surface area contributed by atoms with Crippen LogP contribution >= 0.6 is 11.8 Å². The molecule has 2 aromatic rings. The molecule has 26 heavy (non-hydrogen) atoms. The Kier molecular flexibility index (Phi) is 5.93. The van der Waals surface area contributed by atoms with E-state index >= 15 is 0 Å². The standard InChI is InChI=1S/C20H23N3O2S/c1-3-17-20(25)22(2)12-13-23(17)19(24)16-9-7-15(8-10-16)14-26-18-6-4-5-11-21-18/h4-11,17H,3,12-14H2,1-2H3. The maximum Gasteiger partial charge on any atom is 0.254 e. The molecule has 1 aliphatic rings. The van der Waals surface area contributed by atoms with Gasteiger partial charge in [-0.15, -0.1) is 11.8 Å². The first kappa shape index (κ1) is 18.5. The van der Waals surface area contributed by atoms with E-state index in [9.17, 15) is 9.59 Å². The first-order valence-corrected chi connectivity index (χ1v) is 9.77. The second kappa shape index (κ2) is 8.36. The summed E-state index contributed by atoms with van der Waals surface area (Å²) < 4.78 is 0. The Labute approximate surface area is 158 Å². The monoisotopic (exact) mass is 369 g/mol. The molecule has 0 aliphatic carbocycles. The first-order valence-electron chi connectivity index (χ1n) is 8.79. The van der Waals surface area contributed by atoms with Crippen LogP contribution in [0.2, 0.25) is 0 Å². The van der Waals surface area contributed by atoms with Crippen molar-refractivity contribution >= 4 is 23.6 Å². The van der Waals surface area contributed by atoms with Gasteiger partial charge in [0.2, 0.25) is 5.91 Å². The number of carbonyl (C=O) groups is 2. The van der Waals surface area contributed by atoms with Crippen LogP contribution in [0, 0.1) is 0 Å². The SMILES string of the molecule is CCC1C(=O)N(C)CCN1C(=O)c1ccc(CSc2ccccn2)cc1. The summed E-state index contributed by atoms with van der Waals surface area (Å²) in [6.45, 7) is 3.11. The van der Waals surface area contributed by atoms with Gasteiger partial charge in [0, 0.05) is 37.7 Å². The molecule has 2 amide bonds. The van der Waals surface area contributed by atoms with E-state index in [1.165, 1.54) is 0 Å². The molecule has 1 aromatic heterocycles. The fraction of sp³-hybridized carbons (Fsp3) is 0.350. The van der Waals surface area contributed by atoms with Crippen LogP contribution in [0.5, 0.6) is 0 Å². The van der Waals surface area contributed by atoms with Crippen LogP contribution in [0.1, 0.15) is 29.3 Å². The van der Waals surface area contributed by atoms with E-state index in [0.29, 0.717) is 25.1 Å². The highest BCUT2D eigenvalue weighted by Crippen LogP contribution is 2.22. The van der Waals surface area contributed by atoms with Crippen molar-refractivity contribution in [3.8, 4) is 0 Å². The third-order valence-corrected chi connectivity index (χ3v) is 5.60. The Bertz CT molecular complexity index is 764. The van der Waals surface area contributed by atoms with Crippen LogP contribution in [0.25, 0.3) is 0 Å². The predicted octanol–water partition coefficient (Wildman–Crippen LogP) is 3.07. The Morgan fingerprint density at radius 1 is 1.19 bits per heavy atom. The lowest BCUT2D eigenvalue weighted by molar-refractivity contribution is -0.138. The van der Waals surface area contributed by atoms with Gasteiger partial charge in [0.15, 0.2) is 0 Å². The fourth-order valence-corrected chi connectivity index (χ4v) is 3.87. The molecule has 0 saturated carbocycles. The number of hydrogen-bond acceptors (Lipinski definition) is 4. The molecule has 1 fully saturated rings. The smallest absolute Gasteiger partial charge is 0.254 e. The van der Waals surface area contributed by atoms with Gasteiger partial charge >= 0.3 is 0 Å². The Morgan fingerprint density at radius 3 is 2.62 bits per heavy atom. The number of likely N-dealkylation sites (N-methyl/N-ethyl adjacent to an activating group) is 1. The van der Waals surface area contributed by atoms with Gasteiger partial charge in [-0.3, -0.25) is 9.59 Å². The van der Waals surface area contributed by atoms with Crippen LogP contribution in [0.4, 0.5) is 0 Å². The van der Waals surface area contributed by atoms with Gasteiger partial charge < -0.3 is 9.80 Å². The molecule has 1 unspecified atom stereocenters. The third-order valence-electron chi connectivity index (χ3n) is 4.59. The average molecular weight is 369 g/mol. The van der Waals surface area contributed by atoms with E-state index in [1.54, 1.807) is 34.8 Å². The molecule has 136 valence electrons. The Hall–Kier alpha value is -2.34. The van der Waals surface area contributed by atoms with Gasteiger partial charge in [-0.05, 0) is 36.2 Å². The summed E-state index contributed by atoms with van der Waals surface area (Å²) in [7, 11) is 1.79. The number of benzene rings is 1. The quantitative estimate of drug-likeness (QED) is 0.760.